The van der Waals surface area contributed by atoms with Crippen LogP contribution in [0.3, 0.4) is 0 Å². The molecule has 20 heavy (non-hydrogen) atoms. The SMILES string of the molecule is COC(OC)c1csc(-c2ccc3ccccc3n2)n1. The minimum absolute atomic E-state index is 0.430. The third-order valence-electron chi connectivity index (χ3n) is 3.01. The van der Waals surface area contributed by atoms with Gasteiger partial charge < -0.3 is 9.47 Å². The Kier molecular flexibility index (Phi) is 3.73. The van der Waals surface area contributed by atoms with Gasteiger partial charge in [0, 0.05) is 25.0 Å². The van der Waals surface area contributed by atoms with E-state index in [9.17, 15) is 0 Å². The zero-order valence-electron chi connectivity index (χ0n) is 11.2. The summed E-state index contributed by atoms with van der Waals surface area (Å²) < 4.78 is 10.4. The summed E-state index contributed by atoms with van der Waals surface area (Å²) in [7, 11) is 3.20. The lowest BCUT2D eigenvalue weighted by molar-refractivity contribution is -0.108. The van der Waals surface area contributed by atoms with E-state index in [2.05, 4.69) is 16.0 Å². The summed E-state index contributed by atoms with van der Waals surface area (Å²) in [5.74, 6) is 0. The fourth-order valence-corrected chi connectivity index (χ4v) is 2.82. The van der Waals surface area contributed by atoms with E-state index in [4.69, 9.17) is 9.47 Å². The van der Waals surface area contributed by atoms with Gasteiger partial charge in [-0.3, -0.25) is 0 Å². The lowest BCUT2D eigenvalue weighted by Crippen LogP contribution is -2.03. The molecule has 5 heteroatoms. The molecule has 2 aromatic heterocycles. The molecule has 0 spiro atoms. The maximum Gasteiger partial charge on any atom is 0.201 e. The van der Waals surface area contributed by atoms with Gasteiger partial charge in [-0.05, 0) is 12.1 Å². The molecular weight excluding hydrogens is 272 g/mol. The lowest BCUT2D eigenvalue weighted by atomic mass is 10.2. The van der Waals surface area contributed by atoms with E-state index < -0.39 is 6.29 Å². The summed E-state index contributed by atoms with van der Waals surface area (Å²) in [6, 6.07) is 12.1. The van der Waals surface area contributed by atoms with Gasteiger partial charge >= 0.3 is 0 Å². The third-order valence-corrected chi connectivity index (χ3v) is 3.89. The molecule has 0 atom stereocenters. The molecule has 0 unspecified atom stereocenters. The van der Waals surface area contributed by atoms with Crippen LogP contribution < -0.4 is 0 Å². The third kappa shape index (κ3) is 2.43. The quantitative estimate of drug-likeness (QED) is 0.687. The zero-order chi connectivity index (χ0) is 13.9. The van der Waals surface area contributed by atoms with Crippen molar-refractivity contribution in [1.82, 2.24) is 9.97 Å². The Labute approximate surface area is 121 Å². The van der Waals surface area contributed by atoms with Crippen molar-refractivity contribution in [3.8, 4) is 10.7 Å². The highest BCUT2D eigenvalue weighted by atomic mass is 32.1. The van der Waals surface area contributed by atoms with Gasteiger partial charge in [0.25, 0.3) is 0 Å². The van der Waals surface area contributed by atoms with Crippen molar-refractivity contribution in [3.63, 3.8) is 0 Å². The van der Waals surface area contributed by atoms with Crippen LogP contribution in [0, 0.1) is 0 Å². The molecule has 0 amide bonds. The number of hydrogen-bond acceptors (Lipinski definition) is 5. The fourth-order valence-electron chi connectivity index (χ4n) is 2.03. The number of aromatic nitrogens is 2. The molecule has 0 aliphatic carbocycles. The van der Waals surface area contributed by atoms with E-state index in [0.29, 0.717) is 0 Å². The number of rotatable bonds is 4. The van der Waals surface area contributed by atoms with Crippen LogP contribution in [-0.2, 0) is 9.47 Å². The number of benzene rings is 1. The van der Waals surface area contributed by atoms with E-state index in [-0.39, 0.29) is 0 Å². The zero-order valence-corrected chi connectivity index (χ0v) is 12.1. The van der Waals surface area contributed by atoms with Crippen molar-refractivity contribution in [2.24, 2.45) is 0 Å². The predicted molar refractivity (Wildman–Crippen MR) is 79.6 cm³/mol. The first-order chi connectivity index (χ1) is 9.81. The highest BCUT2D eigenvalue weighted by molar-refractivity contribution is 7.13. The molecule has 102 valence electrons. The number of ether oxygens (including phenoxy) is 2. The molecule has 0 radical (unpaired) electrons. The van der Waals surface area contributed by atoms with E-state index >= 15 is 0 Å². The largest absolute Gasteiger partial charge is 0.350 e. The van der Waals surface area contributed by atoms with Crippen LogP contribution in [0.1, 0.15) is 12.0 Å². The van der Waals surface area contributed by atoms with E-state index in [1.807, 2.05) is 35.7 Å². The molecule has 0 saturated carbocycles. The van der Waals surface area contributed by atoms with Crippen molar-refractivity contribution < 1.29 is 9.47 Å². The first-order valence-corrected chi connectivity index (χ1v) is 7.07. The lowest BCUT2D eigenvalue weighted by Gasteiger charge is -2.09. The number of thiazole rings is 1. The van der Waals surface area contributed by atoms with Crippen molar-refractivity contribution in [1.29, 1.82) is 0 Å². The monoisotopic (exact) mass is 286 g/mol. The smallest absolute Gasteiger partial charge is 0.201 e. The van der Waals surface area contributed by atoms with Crippen LogP contribution in [0.5, 0.6) is 0 Å². The molecule has 1 aromatic carbocycles. The highest BCUT2D eigenvalue weighted by Gasteiger charge is 2.14. The van der Waals surface area contributed by atoms with Gasteiger partial charge in [0.05, 0.1) is 11.2 Å². The summed E-state index contributed by atoms with van der Waals surface area (Å²) in [6.07, 6.45) is -0.430. The Balaban J connectivity index is 1.98. The van der Waals surface area contributed by atoms with E-state index in [0.717, 1.165) is 27.3 Å². The maximum absolute atomic E-state index is 5.21. The molecule has 3 aromatic rings. The molecule has 0 fully saturated rings. The topological polar surface area (TPSA) is 44.2 Å². The summed E-state index contributed by atoms with van der Waals surface area (Å²) in [6.45, 7) is 0. The van der Waals surface area contributed by atoms with Gasteiger partial charge in [0.15, 0.2) is 0 Å². The Morgan fingerprint density at radius 3 is 2.60 bits per heavy atom. The summed E-state index contributed by atoms with van der Waals surface area (Å²) in [5.41, 5.74) is 2.60. The molecule has 0 aliphatic heterocycles. The maximum atomic E-state index is 5.21. The average molecular weight is 286 g/mol. The minimum Gasteiger partial charge on any atom is -0.350 e. The summed E-state index contributed by atoms with van der Waals surface area (Å²) in [5, 5.41) is 3.92. The molecular formula is C15H14N2O2S. The van der Waals surface area contributed by atoms with E-state index in [1.54, 1.807) is 14.2 Å². The molecule has 0 N–H and O–H groups in total. The van der Waals surface area contributed by atoms with Crippen LogP contribution in [0.25, 0.3) is 21.6 Å². The van der Waals surface area contributed by atoms with E-state index in [1.165, 1.54) is 11.3 Å². The minimum atomic E-state index is -0.430. The number of nitrogens with zero attached hydrogens (tertiary/aromatic N) is 2. The standard InChI is InChI=1S/C15H14N2O2S/c1-18-15(19-2)13-9-20-14(17-13)12-8-7-10-5-3-4-6-11(10)16-12/h3-9,15H,1-2H3. The molecule has 0 saturated heterocycles. The number of methoxy groups -OCH3 is 2. The predicted octanol–water partition coefficient (Wildman–Crippen LogP) is 3.65. The first kappa shape index (κ1) is 13.2. The van der Waals surface area contributed by atoms with Gasteiger partial charge in [-0.15, -0.1) is 11.3 Å². The normalized spacial score (nSPS) is 11.3. The molecule has 0 aliphatic rings. The van der Waals surface area contributed by atoms with Crippen LogP contribution in [0.2, 0.25) is 0 Å². The van der Waals surface area contributed by atoms with Gasteiger partial charge in [-0.1, -0.05) is 24.3 Å². The Bertz CT molecular complexity index is 722. The Morgan fingerprint density at radius 1 is 1.00 bits per heavy atom. The molecule has 3 rings (SSSR count). The van der Waals surface area contributed by atoms with Crippen LogP contribution in [0.15, 0.2) is 41.8 Å². The van der Waals surface area contributed by atoms with Crippen LogP contribution in [-0.4, -0.2) is 24.2 Å². The number of pyridine rings is 1. The van der Waals surface area contributed by atoms with Gasteiger partial charge in [-0.2, -0.15) is 0 Å². The van der Waals surface area contributed by atoms with Gasteiger partial charge in [-0.25, -0.2) is 9.97 Å². The molecule has 4 nitrogen and oxygen atoms in total. The number of para-hydroxylation sites is 1. The summed E-state index contributed by atoms with van der Waals surface area (Å²) in [4.78, 5) is 9.17. The van der Waals surface area contributed by atoms with Gasteiger partial charge in [0.1, 0.15) is 10.7 Å². The van der Waals surface area contributed by atoms with Crippen LogP contribution >= 0.6 is 11.3 Å². The fraction of sp³-hybridized carbons (Fsp3) is 0.200. The second-order valence-electron chi connectivity index (χ2n) is 4.27. The molecule has 0 bridgehead atoms. The number of hydrogen-bond donors (Lipinski definition) is 0. The highest BCUT2D eigenvalue weighted by Crippen LogP contribution is 2.27. The van der Waals surface area contributed by atoms with Crippen molar-refractivity contribution in [2.45, 2.75) is 6.29 Å². The summed E-state index contributed by atoms with van der Waals surface area (Å²) >= 11 is 1.54. The van der Waals surface area contributed by atoms with Crippen molar-refractivity contribution in [2.75, 3.05) is 14.2 Å². The Morgan fingerprint density at radius 2 is 1.80 bits per heavy atom. The van der Waals surface area contributed by atoms with Gasteiger partial charge in [0.2, 0.25) is 6.29 Å². The second-order valence-corrected chi connectivity index (χ2v) is 5.13. The molecule has 2 heterocycles. The Hall–Kier alpha value is -1.82. The second kappa shape index (κ2) is 5.66. The average Bonchev–Trinajstić information content (AvgIpc) is 2.98. The van der Waals surface area contributed by atoms with Crippen molar-refractivity contribution in [3.05, 3.63) is 47.5 Å². The first-order valence-electron chi connectivity index (χ1n) is 6.19. The number of fused-ring (bicyclic) bond motifs is 1. The van der Waals surface area contributed by atoms with Crippen LogP contribution in [0.4, 0.5) is 0 Å². The van der Waals surface area contributed by atoms with Crippen molar-refractivity contribution >= 4 is 22.2 Å².